The quantitative estimate of drug-likeness (QED) is 0.167. The van der Waals surface area contributed by atoms with Crippen LogP contribution in [0.4, 0.5) is 17.6 Å². The van der Waals surface area contributed by atoms with Gasteiger partial charge < -0.3 is 34.1 Å². The topological polar surface area (TPSA) is 132 Å². The van der Waals surface area contributed by atoms with Gasteiger partial charge in [0.15, 0.2) is 5.15 Å². The maximum atomic E-state index is 13.1. The number of alkyl halides is 4. The molecule has 2 aromatic heterocycles. The SMILES string of the molecule is CC(C)(C(=O)N1CCOc2c(cnc(Cl)c2C#N)C1)C(F)F.Cc1ncc2c(c1C#N)OCCN(C(=O)C(C)(C)C(F)F)C2.[CH3-].[CH3-].[Zn+2]. The van der Waals surface area contributed by atoms with E-state index in [1.54, 1.807) is 6.92 Å². The molecule has 0 saturated carbocycles. The molecule has 0 fully saturated rings. The Hall–Kier alpha value is -3.55. The van der Waals surface area contributed by atoms with E-state index in [0.717, 1.165) is 0 Å². The Labute approximate surface area is 290 Å². The molecule has 0 atom stereocenters. The summed E-state index contributed by atoms with van der Waals surface area (Å²) in [6.07, 6.45) is -2.62. The van der Waals surface area contributed by atoms with Crippen molar-refractivity contribution in [2.75, 3.05) is 26.3 Å². The van der Waals surface area contributed by atoms with Gasteiger partial charge in [-0.15, -0.1) is 0 Å². The van der Waals surface area contributed by atoms with Gasteiger partial charge >= 0.3 is 19.5 Å². The van der Waals surface area contributed by atoms with Crippen molar-refractivity contribution < 1.29 is 56.1 Å². The first-order chi connectivity index (χ1) is 20.6. The van der Waals surface area contributed by atoms with Gasteiger partial charge in [0, 0.05) is 23.5 Å². The first-order valence-corrected chi connectivity index (χ1v) is 13.8. The number of nitriles is 2. The Kier molecular flexibility index (Phi) is 16.2. The van der Waals surface area contributed by atoms with Crippen LogP contribution in [0.1, 0.15) is 55.6 Å². The van der Waals surface area contributed by atoms with E-state index in [9.17, 15) is 32.4 Å². The van der Waals surface area contributed by atoms with Crippen LogP contribution in [0.5, 0.6) is 11.5 Å². The standard InChI is InChI=1S/C15H17F2N3O2.C14H14ClF2N3O2.2CH3.Zn/c1-9-11(6-18)12-10(7-19-9)8-20(4-5-22-12)14(21)15(2,3)13(16)17;1-14(2,12(16)17)13(21)20-3-4-22-10-8(7-20)6-19-11(15)9(10)5-18;;;/h7,13H,4-5,8H2,1-3H3;6,12H,3-4,7H2,1-2H3;2*1H3;/q;;2*-1;+2. The van der Waals surface area contributed by atoms with Crippen molar-refractivity contribution in [2.45, 2.75) is 60.6 Å². The van der Waals surface area contributed by atoms with Gasteiger partial charge in [0.2, 0.25) is 11.8 Å². The van der Waals surface area contributed by atoms with Crippen LogP contribution in [0.15, 0.2) is 12.4 Å². The molecule has 4 heterocycles. The second-order valence-corrected chi connectivity index (χ2v) is 11.6. The van der Waals surface area contributed by atoms with E-state index in [0.29, 0.717) is 28.1 Å². The zero-order chi connectivity index (χ0) is 33.0. The summed E-state index contributed by atoms with van der Waals surface area (Å²) in [7, 11) is 0. The summed E-state index contributed by atoms with van der Waals surface area (Å²) in [6, 6.07) is 3.93. The molecule has 0 spiro atoms. The van der Waals surface area contributed by atoms with Crippen LogP contribution in [0, 0.1) is 55.3 Å². The zero-order valence-corrected chi connectivity index (χ0v) is 31.2. The van der Waals surface area contributed by atoms with Crippen molar-refractivity contribution in [3.05, 3.63) is 60.3 Å². The summed E-state index contributed by atoms with van der Waals surface area (Å²) in [5, 5.41) is 18.3. The minimum Gasteiger partial charge on any atom is -0.490 e. The van der Waals surface area contributed by atoms with Crippen molar-refractivity contribution in [2.24, 2.45) is 10.8 Å². The molecule has 2 amide bonds. The number of carbonyl (C=O) groups is 2. The fourth-order valence-corrected chi connectivity index (χ4v) is 4.53. The molecular formula is C31H37ClF4N6O4Zn. The maximum absolute atomic E-state index is 13.1. The number of rotatable bonds is 4. The second kappa shape index (κ2) is 17.6. The number of ether oxygens (including phenoxy) is 2. The molecule has 4 rings (SSSR count). The third-order valence-electron chi connectivity index (χ3n) is 7.28. The summed E-state index contributed by atoms with van der Waals surface area (Å²) in [6.45, 7) is 7.26. The van der Waals surface area contributed by atoms with Crippen molar-refractivity contribution in [3.8, 4) is 23.6 Å². The van der Waals surface area contributed by atoms with E-state index in [-0.39, 0.29) is 90.2 Å². The average molecular weight is 735 g/mol. The Balaban J connectivity index is 0.000000846. The van der Waals surface area contributed by atoms with Gasteiger partial charge in [0.25, 0.3) is 12.9 Å². The summed E-state index contributed by atoms with van der Waals surface area (Å²) in [4.78, 5) is 35.3. The maximum Gasteiger partial charge on any atom is 2.00 e. The van der Waals surface area contributed by atoms with Gasteiger partial charge in [-0.1, -0.05) is 11.6 Å². The van der Waals surface area contributed by atoms with E-state index in [2.05, 4.69) is 9.97 Å². The minimum absolute atomic E-state index is 0. The first-order valence-electron chi connectivity index (χ1n) is 13.4. The number of hydrogen-bond acceptors (Lipinski definition) is 8. The molecule has 252 valence electrons. The fourth-order valence-electron chi connectivity index (χ4n) is 4.35. The molecule has 2 aliphatic heterocycles. The predicted molar refractivity (Wildman–Crippen MR) is 162 cm³/mol. The van der Waals surface area contributed by atoms with Crippen molar-refractivity contribution in [3.63, 3.8) is 0 Å². The molecule has 0 aromatic carbocycles. The third kappa shape index (κ3) is 9.30. The molecule has 0 N–H and O–H groups in total. The average Bonchev–Trinajstić information content (AvgIpc) is 3.33. The van der Waals surface area contributed by atoms with Gasteiger partial charge in [-0.3, -0.25) is 14.6 Å². The van der Waals surface area contributed by atoms with Gasteiger partial charge in [-0.05, 0) is 34.6 Å². The van der Waals surface area contributed by atoms with Crippen LogP contribution in [-0.4, -0.2) is 70.7 Å². The first kappa shape index (κ1) is 43.5. The van der Waals surface area contributed by atoms with E-state index < -0.39 is 35.5 Å². The molecule has 16 heteroatoms. The summed E-state index contributed by atoms with van der Waals surface area (Å²) >= 11 is 5.83. The van der Waals surface area contributed by atoms with Crippen LogP contribution < -0.4 is 9.47 Å². The van der Waals surface area contributed by atoms with Crippen LogP contribution in [0.3, 0.4) is 0 Å². The van der Waals surface area contributed by atoms with Gasteiger partial charge in [-0.2, -0.15) is 10.5 Å². The number of carbonyl (C=O) groups excluding carboxylic acids is 2. The monoisotopic (exact) mass is 732 g/mol. The summed E-state index contributed by atoms with van der Waals surface area (Å²) in [5.74, 6) is -0.668. The second-order valence-electron chi connectivity index (χ2n) is 11.3. The number of halogens is 5. The fraction of sp³-hybridized carbons (Fsp3) is 0.484. The number of nitrogens with zero attached hydrogens (tertiary/aromatic N) is 6. The number of pyridine rings is 2. The molecule has 0 bridgehead atoms. The number of hydrogen-bond donors (Lipinski definition) is 0. The Morgan fingerprint density at radius 3 is 1.60 bits per heavy atom. The Morgan fingerprint density at radius 2 is 1.21 bits per heavy atom. The van der Waals surface area contributed by atoms with Crippen LogP contribution in [0.25, 0.3) is 0 Å². The van der Waals surface area contributed by atoms with E-state index in [1.165, 1.54) is 49.9 Å². The Morgan fingerprint density at radius 1 is 0.830 bits per heavy atom. The molecular weight excluding hydrogens is 697 g/mol. The molecule has 2 aliphatic rings. The van der Waals surface area contributed by atoms with E-state index >= 15 is 0 Å². The predicted octanol–water partition coefficient (Wildman–Crippen LogP) is 5.79. The van der Waals surface area contributed by atoms with Gasteiger partial charge in [-0.25, -0.2) is 22.5 Å². The van der Waals surface area contributed by atoms with Crippen LogP contribution in [0.2, 0.25) is 5.15 Å². The van der Waals surface area contributed by atoms with E-state index in [4.69, 9.17) is 26.3 Å². The smallest absolute Gasteiger partial charge is 0.490 e. The minimum atomic E-state index is -2.78. The number of fused-ring (bicyclic) bond motifs is 2. The van der Waals surface area contributed by atoms with Crippen molar-refractivity contribution in [1.82, 2.24) is 19.8 Å². The molecule has 0 saturated heterocycles. The molecule has 10 nitrogen and oxygen atoms in total. The van der Waals surface area contributed by atoms with Gasteiger partial charge in [0.1, 0.15) is 58.8 Å². The zero-order valence-electron chi connectivity index (χ0n) is 27.5. The summed E-state index contributed by atoms with van der Waals surface area (Å²) < 4.78 is 63.2. The number of aryl methyl sites for hydroxylation is 1. The normalized spacial score (nSPS) is 13.9. The molecule has 0 unspecified atom stereocenters. The van der Waals surface area contributed by atoms with Crippen LogP contribution in [-0.2, 0) is 42.2 Å². The largest absolute Gasteiger partial charge is 2.00 e. The molecule has 2 aromatic rings. The molecule has 0 radical (unpaired) electrons. The number of amides is 2. The van der Waals surface area contributed by atoms with Crippen molar-refractivity contribution in [1.29, 1.82) is 10.5 Å². The number of aromatic nitrogens is 2. The van der Waals surface area contributed by atoms with Crippen LogP contribution >= 0.6 is 11.6 Å². The molecule has 47 heavy (non-hydrogen) atoms. The van der Waals surface area contributed by atoms with Gasteiger partial charge in [0.05, 0.1) is 31.9 Å². The molecule has 0 aliphatic carbocycles. The van der Waals surface area contributed by atoms with Crippen molar-refractivity contribution >= 4 is 23.4 Å². The Bertz CT molecular complexity index is 1400. The summed E-state index contributed by atoms with van der Waals surface area (Å²) in [5.41, 5.74) is -1.59. The third-order valence-corrected chi connectivity index (χ3v) is 7.57. The van der Waals surface area contributed by atoms with E-state index in [1.807, 2.05) is 12.1 Å².